The summed E-state index contributed by atoms with van der Waals surface area (Å²) in [6, 6.07) is 7.24. The van der Waals surface area contributed by atoms with Crippen molar-refractivity contribution in [2.24, 2.45) is 0 Å². The summed E-state index contributed by atoms with van der Waals surface area (Å²) in [4.78, 5) is 24.8. The minimum absolute atomic E-state index is 0.0271. The van der Waals surface area contributed by atoms with Gasteiger partial charge in [0.05, 0.1) is 17.7 Å². The Morgan fingerprint density at radius 1 is 1.47 bits per heavy atom. The van der Waals surface area contributed by atoms with Crippen LogP contribution in [0.15, 0.2) is 24.3 Å². The molecule has 1 fully saturated rings. The minimum Gasteiger partial charge on any atom is -0.348 e. The van der Waals surface area contributed by atoms with E-state index in [-0.39, 0.29) is 24.4 Å². The number of carbonyl (C=O) groups is 2. The monoisotopic (exact) mass is 298 g/mol. The third-order valence-electron chi connectivity index (χ3n) is 2.91. The van der Waals surface area contributed by atoms with E-state index in [1.165, 1.54) is 11.8 Å². The fourth-order valence-electron chi connectivity index (χ4n) is 1.84. The lowest BCUT2D eigenvalue weighted by Gasteiger charge is -2.18. The second-order valence-electron chi connectivity index (χ2n) is 4.41. The molecule has 0 radical (unpaired) electrons. The van der Waals surface area contributed by atoms with Gasteiger partial charge in [-0.3, -0.25) is 9.59 Å². The molecule has 2 rings (SSSR count). The van der Waals surface area contributed by atoms with Crippen molar-refractivity contribution in [2.75, 3.05) is 18.2 Å². The van der Waals surface area contributed by atoms with Crippen LogP contribution in [0.2, 0.25) is 5.02 Å². The van der Waals surface area contributed by atoms with Crippen molar-refractivity contribution in [3.63, 3.8) is 0 Å². The highest BCUT2D eigenvalue weighted by molar-refractivity contribution is 8.00. The van der Waals surface area contributed by atoms with E-state index in [0.29, 0.717) is 16.7 Å². The van der Waals surface area contributed by atoms with E-state index in [4.69, 9.17) is 11.6 Å². The summed E-state index contributed by atoms with van der Waals surface area (Å²) >= 11 is 7.35. The van der Waals surface area contributed by atoms with Gasteiger partial charge in [-0.25, -0.2) is 0 Å². The predicted octanol–water partition coefficient (Wildman–Crippen LogP) is 2.05. The second kappa shape index (κ2) is 6.30. The molecule has 102 valence electrons. The first-order valence-electron chi connectivity index (χ1n) is 5.96. The Balaban J connectivity index is 1.87. The highest BCUT2D eigenvalue weighted by Crippen LogP contribution is 2.17. The predicted molar refractivity (Wildman–Crippen MR) is 77.0 cm³/mol. The molecular weight excluding hydrogens is 284 g/mol. The molecule has 1 heterocycles. The molecule has 1 aromatic carbocycles. The van der Waals surface area contributed by atoms with Crippen LogP contribution in [0.4, 0.5) is 0 Å². The average Bonchev–Trinajstić information content (AvgIpc) is 2.75. The highest BCUT2D eigenvalue weighted by Gasteiger charge is 2.23. The molecule has 0 aliphatic carbocycles. The normalized spacial score (nSPS) is 16.5. The summed E-state index contributed by atoms with van der Waals surface area (Å²) in [5.41, 5.74) is 0.986. The van der Waals surface area contributed by atoms with E-state index in [0.717, 1.165) is 5.56 Å². The quantitative estimate of drug-likeness (QED) is 0.925. The van der Waals surface area contributed by atoms with E-state index >= 15 is 0 Å². The Hall–Kier alpha value is -1.20. The van der Waals surface area contributed by atoms with Crippen LogP contribution in [0.5, 0.6) is 0 Å². The van der Waals surface area contributed by atoms with Crippen molar-refractivity contribution in [1.29, 1.82) is 0 Å². The standard InChI is InChI=1S/C13H15ClN2O2S/c1-9(10-2-4-11(14)5-3-10)15-12(17)6-16-8-19-7-13(16)18/h2-5,9H,6-8H2,1H3,(H,15,17). The van der Waals surface area contributed by atoms with Gasteiger partial charge < -0.3 is 10.2 Å². The molecule has 1 saturated heterocycles. The number of carbonyl (C=O) groups excluding carboxylic acids is 2. The molecule has 0 saturated carbocycles. The van der Waals surface area contributed by atoms with Gasteiger partial charge in [0, 0.05) is 5.02 Å². The summed E-state index contributed by atoms with van der Waals surface area (Å²) in [7, 11) is 0. The van der Waals surface area contributed by atoms with Crippen molar-refractivity contribution < 1.29 is 9.59 Å². The fraction of sp³-hybridized carbons (Fsp3) is 0.385. The lowest BCUT2D eigenvalue weighted by molar-refractivity contribution is -0.132. The average molecular weight is 299 g/mol. The number of halogens is 1. The van der Waals surface area contributed by atoms with E-state index in [9.17, 15) is 9.59 Å². The Morgan fingerprint density at radius 3 is 2.74 bits per heavy atom. The summed E-state index contributed by atoms with van der Waals surface area (Å²) in [6.07, 6.45) is 0. The first-order chi connectivity index (χ1) is 9.06. The van der Waals surface area contributed by atoms with Crippen LogP contribution < -0.4 is 5.32 Å². The molecule has 0 aromatic heterocycles. The van der Waals surface area contributed by atoms with E-state index in [2.05, 4.69) is 5.32 Å². The largest absolute Gasteiger partial charge is 0.348 e. The van der Waals surface area contributed by atoms with Crippen LogP contribution in [0, 0.1) is 0 Å². The first kappa shape index (κ1) is 14.2. The van der Waals surface area contributed by atoms with Gasteiger partial charge in [0.15, 0.2) is 0 Å². The van der Waals surface area contributed by atoms with Crippen molar-refractivity contribution in [1.82, 2.24) is 10.2 Å². The van der Waals surface area contributed by atoms with Gasteiger partial charge >= 0.3 is 0 Å². The Bertz CT molecular complexity index is 478. The number of thioether (sulfide) groups is 1. The van der Waals surface area contributed by atoms with Gasteiger partial charge in [-0.1, -0.05) is 23.7 Å². The van der Waals surface area contributed by atoms with Crippen LogP contribution in [0.1, 0.15) is 18.5 Å². The molecule has 1 N–H and O–H groups in total. The van der Waals surface area contributed by atoms with Crippen LogP contribution in [-0.4, -0.2) is 34.9 Å². The molecular formula is C13H15ClN2O2S. The van der Waals surface area contributed by atoms with E-state index in [1.807, 2.05) is 19.1 Å². The van der Waals surface area contributed by atoms with Crippen LogP contribution >= 0.6 is 23.4 Å². The van der Waals surface area contributed by atoms with Gasteiger partial charge in [-0.2, -0.15) is 0 Å². The van der Waals surface area contributed by atoms with Crippen LogP contribution in [0.25, 0.3) is 0 Å². The van der Waals surface area contributed by atoms with Crippen LogP contribution in [0.3, 0.4) is 0 Å². The number of hydrogen-bond donors (Lipinski definition) is 1. The van der Waals surface area contributed by atoms with Gasteiger partial charge in [-0.05, 0) is 24.6 Å². The van der Waals surface area contributed by atoms with Crippen LogP contribution in [-0.2, 0) is 9.59 Å². The third kappa shape index (κ3) is 3.88. The maximum Gasteiger partial charge on any atom is 0.240 e. The Morgan fingerprint density at radius 2 is 2.16 bits per heavy atom. The summed E-state index contributed by atoms with van der Waals surface area (Å²) in [5, 5.41) is 3.55. The second-order valence-corrected chi connectivity index (χ2v) is 5.80. The number of nitrogens with zero attached hydrogens (tertiary/aromatic N) is 1. The number of hydrogen-bond acceptors (Lipinski definition) is 3. The minimum atomic E-state index is -0.140. The zero-order valence-corrected chi connectivity index (χ0v) is 12.1. The van der Waals surface area contributed by atoms with E-state index in [1.54, 1.807) is 17.0 Å². The van der Waals surface area contributed by atoms with Gasteiger partial charge in [-0.15, -0.1) is 11.8 Å². The van der Waals surface area contributed by atoms with Gasteiger partial charge in [0.1, 0.15) is 6.54 Å². The summed E-state index contributed by atoms with van der Waals surface area (Å²) in [6.45, 7) is 2.03. The number of nitrogens with one attached hydrogen (secondary N) is 1. The van der Waals surface area contributed by atoms with Crippen molar-refractivity contribution >= 4 is 35.2 Å². The SMILES string of the molecule is CC(NC(=O)CN1CSCC1=O)c1ccc(Cl)cc1. The zero-order valence-electron chi connectivity index (χ0n) is 10.6. The molecule has 1 aliphatic heterocycles. The summed E-state index contributed by atoms with van der Waals surface area (Å²) in [5.74, 6) is 0.958. The number of rotatable bonds is 4. The number of benzene rings is 1. The van der Waals surface area contributed by atoms with E-state index < -0.39 is 0 Å². The fourth-order valence-corrected chi connectivity index (χ4v) is 2.87. The molecule has 19 heavy (non-hydrogen) atoms. The van der Waals surface area contributed by atoms with Crippen molar-refractivity contribution in [2.45, 2.75) is 13.0 Å². The Kier molecular flexibility index (Phi) is 4.71. The summed E-state index contributed by atoms with van der Waals surface area (Å²) < 4.78 is 0. The van der Waals surface area contributed by atoms with Crippen molar-refractivity contribution in [3.05, 3.63) is 34.9 Å². The first-order valence-corrected chi connectivity index (χ1v) is 7.50. The maximum absolute atomic E-state index is 11.9. The molecule has 2 amide bonds. The maximum atomic E-state index is 11.9. The van der Waals surface area contributed by atoms with Gasteiger partial charge in [0.2, 0.25) is 11.8 Å². The molecule has 1 aliphatic rings. The number of amides is 2. The molecule has 0 bridgehead atoms. The molecule has 1 unspecified atom stereocenters. The lowest BCUT2D eigenvalue weighted by atomic mass is 10.1. The lowest BCUT2D eigenvalue weighted by Crippen LogP contribution is -2.39. The smallest absolute Gasteiger partial charge is 0.240 e. The molecule has 6 heteroatoms. The molecule has 1 aromatic rings. The molecule has 0 spiro atoms. The topological polar surface area (TPSA) is 49.4 Å². The van der Waals surface area contributed by atoms with Gasteiger partial charge in [0.25, 0.3) is 0 Å². The Labute approximate surface area is 121 Å². The van der Waals surface area contributed by atoms with Crippen molar-refractivity contribution in [3.8, 4) is 0 Å². The third-order valence-corrected chi connectivity index (χ3v) is 4.10. The zero-order chi connectivity index (χ0) is 13.8. The molecule has 4 nitrogen and oxygen atoms in total. The highest BCUT2D eigenvalue weighted by atomic mass is 35.5. The molecule has 1 atom stereocenters.